The van der Waals surface area contributed by atoms with Crippen molar-refractivity contribution in [2.45, 2.75) is 240 Å². The van der Waals surface area contributed by atoms with Crippen LogP contribution in [0.5, 0.6) is 0 Å². The molecule has 0 heterocycles. The second-order valence-corrected chi connectivity index (χ2v) is 15.9. The van der Waals surface area contributed by atoms with E-state index in [0.29, 0.717) is 19.3 Å². The minimum Gasteiger partial charge on any atom is -0.462 e. The number of hydrogen-bond donors (Lipinski definition) is 0. The van der Waals surface area contributed by atoms with Gasteiger partial charge in [-0.05, 0) is 31.1 Å². The van der Waals surface area contributed by atoms with Crippen LogP contribution in [0.25, 0.3) is 0 Å². The molecule has 1 atom stereocenters. The first kappa shape index (κ1) is 48.4. The predicted molar refractivity (Wildman–Crippen MR) is 210 cm³/mol. The zero-order chi connectivity index (χ0) is 36.9. The van der Waals surface area contributed by atoms with E-state index in [4.69, 9.17) is 14.2 Å². The molecule has 50 heavy (non-hydrogen) atoms. The van der Waals surface area contributed by atoms with Gasteiger partial charge in [0.25, 0.3) is 0 Å². The van der Waals surface area contributed by atoms with E-state index < -0.39 is 6.10 Å². The van der Waals surface area contributed by atoms with Crippen LogP contribution in [0.4, 0.5) is 0 Å². The SMILES string of the molecule is CCCCCCCCCC(=O)O[C@H](COC(=O)CCCCCCCCCCCCC(C)C)COC(=O)CCCCCCCCCCCC(C)C. The van der Waals surface area contributed by atoms with Crippen molar-refractivity contribution in [3.8, 4) is 0 Å². The van der Waals surface area contributed by atoms with Crippen molar-refractivity contribution < 1.29 is 28.6 Å². The highest BCUT2D eigenvalue weighted by molar-refractivity contribution is 5.71. The standard InChI is InChI=1S/C44H84O6/c1-6-7-8-9-17-26-31-36-44(47)50-41(38-49-43(46)35-30-25-21-16-12-14-19-23-28-33-40(4)5)37-48-42(45)34-29-24-20-15-11-10-13-18-22-27-32-39(2)3/h39-41H,6-38H2,1-5H3/t41-/m1/s1. The van der Waals surface area contributed by atoms with Gasteiger partial charge in [0.2, 0.25) is 0 Å². The van der Waals surface area contributed by atoms with Crippen molar-refractivity contribution in [1.82, 2.24) is 0 Å². The Morgan fingerprint density at radius 3 is 0.980 bits per heavy atom. The number of ether oxygens (including phenoxy) is 3. The molecule has 0 unspecified atom stereocenters. The Morgan fingerprint density at radius 2 is 0.660 bits per heavy atom. The maximum Gasteiger partial charge on any atom is 0.306 e. The zero-order valence-electron chi connectivity index (χ0n) is 34.0. The summed E-state index contributed by atoms with van der Waals surface area (Å²) in [6, 6.07) is 0. The molecule has 0 amide bonds. The van der Waals surface area contributed by atoms with E-state index in [2.05, 4.69) is 34.6 Å². The van der Waals surface area contributed by atoms with Gasteiger partial charge in [-0.3, -0.25) is 14.4 Å². The minimum atomic E-state index is -0.758. The Balaban J connectivity index is 4.26. The van der Waals surface area contributed by atoms with E-state index in [1.165, 1.54) is 122 Å². The zero-order valence-corrected chi connectivity index (χ0v) is 34.0. The number of rotatable bonds is 38. The Labute approximate surface area is 310 Å². The summed E-state index contributed by atoms with van der Waals surface area (Å²) < 4.78 is 16.6. The van der Waals surface area contributed by atoms with Crippen LogP contribution < -0.4 is 0 Å². The molecule has 0 N–H and O–H groups in total. The molecule has 0 aromatic heterocycles. The highest BCUT2D eigenvalue weighted by Gasteiger charge is 2.19. The lowest BCUT2D eigenvalue weighted by Gasteiger charge is -2.18. The fraction of sp³-hybridized carbons (Fsp3) is 0.932. The molecule has 0 spiro atoms. The lowest BCUT2D eigenvalue weighted by molar-refractivity contribution is -0.167. The van der Waals surface area contributed by atoms with E-state index in [1.807, 2.05) is 0 Å². The molecule has 0 aromatic carbocycles. The lowest BCUT2D eigenvalue weighted by atomic mass is 10.0. The first-order chi connectivity index (χ1) is 24.2. The molecule has 0 aromatic rings. The molecule has 0 saturated heterocycles. The van der Waals surface area contributed by atoms with Crippen molar-refractivity contribution in [3.63, 3.8) is 0 Å². The van der Waals surface area contributed by atoms with Crippen molar-refractivity contribution in [2.75, 3.05) is 13.2 Å². The molecule has 0 saturated carbocycles. The summed E-state index contributed by atoms with van der Waals surface area (Å²) in [6.07, 6.45) is 33.9. The number of carbonyl (C=O) groups excluding carboxylic acids is 3. The quantitative estimate of drug-likeness (QED) is 0.0361. The van der Waals surface area contributed by atoms with Gasteiger partial charge >= 0.3 is 17.9 Å². The Bertz CT molecular complexity index is 764. The minimum absolute atomic E-state index is 0.0660. The van der Waals surface area contributed by atoms with Gasteiger partial charge in [0, 0.05) is 19.3 Å². The number of esters is 3. The van der Waals surface area contributed by atoms with Gasteiger partial charge in [0.05, 0.1) is 0 Å². The van der Waals surface area contributed by atoms with Crippen LogP contribution in [-0.4, -0.2) is 37.2 Å². The van der Waals surface area contributed by atoms with Crippen LogP contribution in [0.3, 0.4) is 0 Å². The van der Waals surface area contributed by atoms with E-state index in [-0.39, 0.29) is 31.1 Å². The van der Waals surface area contributed by atoms with Gasteiger partial charge in [-0.25, -0.2) is 0 Å². The van der Waals surface area contributed by atoms with E-state index in [0.717, 1.165) is 69.6 Å². The summed E-state index contributed by atoms with van der Waals surface area (Å²) in [5.41, 5.74) is 0. The molecule has 0 aliphatic carbocycles. The van der Waals surface area contributed by atoms with E-state index in [1.54, 1.807) is 0 Å². The monoisotopic (exact) mass is 709 g/mol. The fourth-order valence-corrected chi connectivity index (χ4v) is 6.40. The molecule has 0 aliphatic rings. The Kier molecular flexibility index (Phi) is 36.0. The summed E-state index contributed by atoms with van der Waals surface area (Å²) >= 11 is 0. The van der Waals surface area contributed by atoms with Crippen molar-refractivity contribution in [2.24, 2.45) is 11.8 Å². The van der Waals surface area contributed by atoms with E-state index in [9.17, 15) is 14.4 Å². The van der Waals surface area contributed by atoms with Crippen LogP contribution in [0.1, 0.15) is 234 Å². The van der Waals surface area contributed by atoms with E-state index >= 15 is 0 Å². The summed E-state index contributed by atoms with van der Waals surface area (Å²) in [6.45, 7) is 11.3. The number of unbranched alkanes of at least 4 members (excludes halogenated alkanes) is 23. The molecular formula is C44H84O6. The van der Waals surface area contributed by atoms with Gasteiger partial charge < -0.3 is 14.2 Å². The second kappa shape index (κ2) is 37.2. The highest BCUT2D eigenvalue weighted by atomic mass is 16.6. The first-order valence-electron chi connectivity index (χ1n) is 21.7. The highest BCUT2D eigenvalue weighted by Crippen LogP contribution is 2.16. The van der Waals surface area contributed by atoms with Crippen LogP contribution in [0.15, 0.2) is 0 Å². The number of carbonyl (C=O) groups is 3. The van der Waals surface area contributed by atoms with Gasteiger partial charge in [0.15, 0.2) is 6.10 Å². The van der Waals surface area contributed by atoms with Crippen LogP contribution >= 0.6 is 0 Å². The maximum absolute atomic E-state index is 12.6. The average Bonchev–Trinajstić information content (AvgIpc) is 3.08. The van der Waals surface area contributed by atoms with Crippen molar-refractivity contribution >= 4 is 17.9 Å². The second-order valence-electron chi connectivity index (χ2n) is 15.9. The largest absolute Gasteiger partial charge is 0.462 e. The Morgan fingerprint density at radius 1 is 0.380 bits per heavy atom. The smallest absolute Gasteiger partial charge is 0.306 e. The third-order valence-corrected chi connectivity index (χ3v) is 9.72. The third-order valence-electron chi connectivity index (χ3n) is 9.72. The maximum atomic E-state index is 12.6. The van der Waals surface area contributed by atoms with Crippen LogP contribution in [0.2, 0.25) is 0 Å². The van der Waals surface area contributed by atoms with Crippen LogP contribution in [0, 0.1) is 11.8 Å². The summed E-state index contributed by atoms with van der Waals surface area (Å²) in [5.74, 6) is 0.759. The first-order valence-corrected chi connectivity index (χ1v) is 21.7. The Hall–Kier alpha value is -1.59. The average molecular weight is 709 g/mol. The van der Waals surface area contributed by atoms with Crippen molar-refractivity contribution in [3.05, 3.63) is 0 Å². The molecule has 0 bridgehead atoms. The van der Waals surface area contributed by atoms with Gasteiger partial charge in [-0.2, -0.15) is 0 Å². The molecule has 0 aliphatic heterocycles. The summed E-state index contributed by atoms with van der Waals surface area (Å²) in [7, 11) is 0. The van der Waals surface area contributed by atoms with Gasteiger partial charge in [-0.15, -0.1) is 0 Å². The predicted octanol–water partition coefficient (Wildman–Crippen LogP) is 13.4. The molecule has 6 nitrogen and oxygen atoms in total. The van der Waals surface area contributed by atoms with Gasteiger partial charge in [0.1, 0.15) is 13.2 Å². The topological polar surface area (TPSA) is 78.9 Å². The molecule has 6 heteroatoms. The molecule has 296 valence electrons. The molecule has 0 rings (SSSR count). The summed E-state index contributed by atoms with van der Waals surface area (Å²) in [5, 5.41) is 0. The van der Waals surface area contributed by atoms with Gasteiger partial charge in [-0.1, -0.05) is 195 Å². The summed E-state index contributed by atoms with van der Waals surface area (Å²) in [4.78, 5) is 37.5. The molecule has 0 fully saturated rings. The normalized spacial score (nSPS) is 12.1. The fourth-order valence-electron chi connectivity index (χ4n) is 6.40. The van der Waals surface area contributed by atoms with Crippen LogP contribution in [-0.2, 0) is 28.6 Å². The third kappa shape index (κ3) is 37.7. The number of hydrogen-bond acceptors (Lipinski definition) is 6. The lowest BCUT2D eigenvalue weighted by Crippen LogP contribution is -2.30. The molecule has 0 radical (unpaired) electrons. The van der Waals surface area contributed by atoms with Crippen molar-refractivity contribution in [1.29, 1.82) is 0 Å². The molecular weight excluding hydrogens is 624 g/mol.